The van der Waals surface area contributed by atoms with Crippen LogP contribution < -0.4 is 0 Å². The average Bonchev–Trinajstić information content (AvgIpc) is 3.27. The number of thioether (sulfide) groups is 1. The van der Waals surface area contributed by atoms with Crippen molar-refractivity contribution in [2.75, 3.05) is 0 Å². The van der Waals surface area contributed by atoms with Gasteiger partial charge >= 0.3 is 0 Å². The molecule has 2 aromatic heterocycles. The SMILES string of the molecule is Cc1ccc(-n2c(SCc3nnc(C)o3)nnc2-c2ccccc2)cc1. The molecule has 7 heteroatoms. The Morgan fingerprint density at radius 1 is 0.885 bits per heavy atom. The van der Waals surface area contributed by atoms with Gasteiger partial charge < -0.3 is 4.42 Å². The normalized spacial score (nSPS) is 11.0. The topological polar surface area (TPSA) is 69.6 Å². The molecule has 0 saturated carbocycles. The Kier molecular flexibility index (Phi) is 4.53. The van der Waals surface area contributed by atoms with E-state index in [0.29, 0.717) is 17.5 Å². The summed E-state index contributed by atoms with van der Waals surface area (Å²) < 4.78 is 7.52. The van der Waals surface area contributed by atoms with Crippen LogP contribution >= 0.6 is 11.8 Å². The third-order valence-electron chi connectivity index (χ3n) is 3.85. The standard InChI is InChI=1S/C19H17N5OS/c1-13-8-10-16(11-9-13)24-18(15-6-4-3-5-7-15)22-23-19(24)26-12-17-21-20-14(2)25-17/h3-11H,12H2,1-2H3. The van der Waals surface area contributed by atoms with Crippen LogP contribution in [0.25, 0.3) is 17.1 Å². The molecule has 4 rings (SSSR count). The zero-order valence-electron chi connectivity index (χ0n) is 14.5. The smallest absolute Gasteiger partial charge is 0.226 e. The maximum Gasteiger partial charge on any atom is 0.226 e. The maximum absolute atomic E-state index is 5.46. The number of nitrogens with zero attached hydrogens (tertiary/aromatic N) is 5. The molecule has 0 radical (unpaired) electrons. The van der Waals surface area contributed by atoms with Gasteiger partial charge in [0.25, 0.3) is 0 Å². The van der Waals surface area contributed by atoms with Gasteiger partial charge in [-0.3, -0.25) is 4.57 Å². The summed E-state index contributed by atoms with van der Waals surface area (Å²) in [4.78, 5) is 0. The molecular formula is C19H17N5OS. The molecule has 0 aliphatic rings. The van der Waals surface area contributed by atoms with Gasteiger partial charge in [-0.2, -0.15) is 0 Å². The highest BCUT2D eigenvalue weighted by Crippen LogP contribution is 2.29. The van der Waals surface area contributed by atoms with Crippen molar-refractivity contribution in [1.29, 1.82) is 0 Å². The molecule has 0 aliphatic carbocycles. The molecule has 130 valence electrons. The Balaban J connectivity index is 1.73. The summed E-state index contributed by atoms with van der Waals surface area (Å²) in [5, 5.41) is 17.5. The van der Waals surface area contributed by atoms with Gasteiger partial charge in [-0.05, 0) is 19.1 Å². The lowest BCUT2D eigenvalue weighted by atomic mass is 10.2. The van der Waals surface area contributed by atoms with Gasteiger partial charge in [0.1, 0.15) is 0 Å². The summed E-state index contributed by atoms with van der Waals surface area (Å²) in [5.74, 6) is 2.48. The second-order valence-electron chi connectivity index (χ2n) is 5.85. The minimum atomic E-state index is 0.541. The van der Waals surface area contributed by atoms with Gasteiger partial charge in [0.05, 0.1) is 5.75 Å². The zero-order valence-corrected chi connectivity index (χ0v) is 15.3. The molecule has 0 saturated heterocycles. The van der Waals surface area contributed by atoms with Crippen molar-refractivity contribution in [3.8, 4) is 17.1 Å². The van der Waals surface area contributed by atoms with Crippen LogP contribution in [0.3, 0.4) is 0 Å². The van der Waals surface area contributed by atoms with Gasteiger partial charge in [-0.25, -0.2) is 0 Å². The lowest BCUT2D eigenvalue weighted by Crippen LogP contribution is -2.00. The lowest BCUT2D eigenvalue weighted by Gasteiger charge is -2.10. The molecule has 0 aliphatic heterocycles. The van der Waals surface area contributed by atoms with E-state index in [-0.39, 0.29) is 0 Å². The first kappa shape index (κ1) is 16.5. The van der Waals surface area contributed by atoms with Crippen molar-refractivity contribution in [1.82, 2.24) is 25.0 Å². The van der Waals surface area contributed by atoms with E-state index in [2.05, 4.69) is 56.2 Å². The monoisotopic (exact) mass is 363 g/mol. The summed E-state index contributed by atoms with van der Waals surface area (Å²) >= 11 is 1.52. The number of hydrogen-bond acceptors (Lipinski definition) is 6. The highest BCUT2D eigenvalue weighted by Gasteiger charge is 2.17. The predicted octanol–water partition coefficient (Wildman–Crippen LogP) is 4.23. The van der Waals surface area contributed by atoms with Gasteiger partial charge in [0.2, 0.25) is 11.8 Å². The molecule has 2 heterocycles. The first-order valence-electron chi connectivity index (χ1n) is 8.20. The third-order valence-corrected chi connectivity index (χ3v) is 4.76. The van der Waals surface area contributed by atoms with E-state index in [0.717, 1.165) is 22.2 Å². The molecule has 0 N–H and O–H groups in total. The number of rotatable bonds is 5. The van der Waals surface area contributed by atoms with E-state index in [4.69, 9.17) is 4.42 Å². The largest absolute Gasteiger partial charge is 0.425 e. The average molecular weight is 363 g/mol. The molecule has 0 bridgehead atoms. The number of hydrogen-bond donors (Lipinski definition) is 0. The van der Waals surface area contributed by atoms with Gasteiger partial charge in [0.15, 0.2) is 11.0 Å². The Hall–Kier alpha value is -2.93. The van der Waals surface area contributed by atoms with Crippen molar-refractivity contribution in [2.24, 2.45) is 0 Å². The van der Waals surface area contributed by atoms with E-state index < -0.39 is 0 Å². The molecule has 0 fully saturated rings. The molecule has 2 aromatic carbocycles. The van der Waals surface area contributed by atoms with E-state index in [9.17, 15) is 0 Å². The van der Waals surface area contributed by atoms with E-state index in [1.165, 1.54) is 17.3 Å². The molecule has 6 nitrogen and oxygen atoms in total. The van der Waals surface area contributed by atoms with Gasteiger partial charge in [-0.1, -0.05) is 59.8 Å². The van der Waals surface area contributed by atoms with E-state index >= 15 is 0 Å². The molecule has 0 atom stereocenters. The van der Waals surface area contributed by atoms with Crippen molar-refractivity contribution in [2.45, 2.75) is 24.8 Å². The number of aromatic nitrogens is 5. The van der Waals surface area contributed by atoms with Crippen molar-refractivity contribution in [3.05, 3.63) is 71.9 Å². The van der Waals surface area contributed by atoms with Crippen LogP contribution in [0.2, 0.25) is 0 Å². The van der Waals surface area contributed by atoms with Crippen molar-refractivity contribution >= 4 is 11.8 Å². The van der Waals surface area contributed by atoms with Crippen LogP contribution in [0.15, 0.2) is 64.2 Å². The Bertz CT molecular complexity index is 1010. The summed E-state index contributed by atoms with van der Waals surface area (Å²) in [6.07, 6.45) is 0. The summed E-state index contributed by atoms with van der Waals surface area (Å²) in [5.41, 5.74) is 3.24. The molecule has 0 spiro atoms. The van der Waals surface area contributed by atoms with Crippen LogP contribution in [0.4, 0.5) is 0 Å². The predicted molar refractivity (Wildman–Crippen MR) is 100 cm³/mol. The van der Waals surface area contributed by atoms with E-state index in [1.807, 2.05) is 30.3 Å². The Morgan fingerprint density at radius 2 is 1.65 bits per heavy atom. The Morgan fingerprint density at radius 3 is 2.35 bits per heavy atom. The van der Waals surface area contributed by atoms with Crippen molar-refractivity contribution < 1.29 is 4.42 Å². The van der Waals surface area contributed by atoms with Crippen LogP contribution in [-0.2, 0) is 5.75 Å². The molecule has 0 amide bonds. The minimum absolute atomic E-state index is 0.541. The molecule has 0 unspecified atom stereocenters. The minimum Gasteiger partial charge on any atom is -0.425 e. The Labute approximate surface area is 155 Å². The summed E-state index contributed by atoms with van der Waals surface area (Å²) in [6, 6.07) is 18.4. The molecular weight excluding hydrogens is 346 g/mol. The first-order valence-corrected chi connectivity index (χ1v) is 9.19. The number of benzene rings is 2. The zero-order chi connectivity index (χ0) is 17.9. The fourth-order valence-electron chi connectivity index (χ4n) is 2.59. The van der Waals surface area contributed by atoms with Crippen LogP contribution in [0.1, 0.15) is 17.3 Å². The molecule has 4 aromatic rings. The third kappa shape index (κ3) is 3.39. The lowest BCUT2D eigenvalue weighted by molar-refractivity contribution is 0.485. The second-order valence-corrected chi connectivity index (χ2v) is 6.79. The highest BCUT2D eigenvalue weighted by atomic mass is 32.2. The first-order chi connectivity index (χ1) is 12.7. The van der Waals surface area contributed by atoms with Gasteiger partial charge in [0, 0.05) is 18.2 Å². The van der Waals surface area contributed by atoms with Crippen molar-refractivity contribution in [3.63, 3.8) is 0 Å². The van der Waals surface area contributed by atoms with E-state index in [1.54, 1.807) is 6.92 Å². The summed E-state index contributed by atoms with van der Waals surface area (Å²) in [6.45, 7) is 3.85. The van der Waals surface area contributed by atoms with Crippen LogP contribution in [0, 0.1) is 13.8 Å². The fraction of sp³-hybridized carbons (Fsp3) is 0.158. The second kappa shape index (κ2) is 7.13. The fourth-order valence-corrected chi connectivity index (χ4v) is 3.38. The maximum atomic E-state index is 5.46. The van der Waals surface area contributed by atoms with Gasteiger partial charge in [-0.15, -0.1) is 20.4 Å². The van der Waals surface area contributed by atoms with Crippen LogP contribution in [-0.4, -0.2) is 25.0 Å². The quantitative estimate of drug-likeness (QED) is 0.494. The van der Waals surface area contributed by atoms with Crippen LogP contribution in [0.5, 0.6) is 0 Å². The number of aryl methyl sites for hydroxylation is 2. The molecule has 26 heavy (non-hydrogen) atoms. The summed E-state index contributed by atoms with van der Waals surface area (Å²) in [7, 11) is 0. The highest BCUT2D eigenvalue weighted by molar-refractivity contribution is 7.98.